The molecule has 9 aromatic carbocycles. The maximum atomic E-state index is 7.03. The molecule has 1 aliphatic carbocycles. The van der Waals surface area contributed by atoms with Gasteiger partial charge < -0.3 is 4.74 Å². The van der Waals surface area contributed by atoms with Gasteiger partial charge in [0.05, 0.1) is 27.7 Å². The third-order valence-electron chi connectivity index (χ3n) is 12.4. The van der Waals surface area contributed by atoms with Crippen LogP contribution in [-0.2, 0) is 5.41 Å². The Bertz CT molecular complexity index is 3480. The average Bonchev–Trinajstić information content (AvgIpc) is 3.76. The summed E-state index contributed by atoms with van der Waals surface area (Å²) in [6.45, 7) is 0. The van der Waals surface area contributed by atoms with E-state index in [4.69, 9.17) is 14.7 Å². The van der Waals surface area contributed by atoms with Crippen molar-refractivity contribution in [1.82, 2.24) is 14.5 Å². The van der Waals surface area contributed by atoms with Gasteiger partial charge in [0, 0.05) is 38.9 Å². The Kier molecular flexibility index (Phi) is 6.07. The Labute approximate surface area is 327 Å². The fraction of sp³-hybridized carbons (Fsp3) is 0.0189. The van der Waals surface area contributed by atoms with E-state index >= 15 is 0 Å². The van der Waals surface area contributed by atoms with E-state index in [-0.39, 0.29) is 0 Å². The van der Waals surface area contributed by atoms with Crippen LogP contribution in [0.25, 0.3) is 82.6 Å². The van der Waals surface area contributed by atoms with E-state index in [1.165, 1.54) is 49.2 Å². The van der Waals surface area contributed by atoms with E-state index in [2.05, 4.69) is 193 Å². The predicted octanol–water partition coefficient (Wildman–Crippen LogP) is 13.2. The summed E-state index contributed by atoms with van der Waals surface area (Å²) in [6.07, 6.45) is 0. The minimum absolute atomic E-state index is 0.576. The minimum Gasteiger partial charge on any atom is -0.457 e. The van der Waals surface area contributed by atoms with Gasteiger partial charge >= 0.3 is 0 Å². The SMILES string of the molecule is c1ccc2c(c1)Oc1cc3c(cc1C21c2ccccc2-c2ccccc21)c1c2ccccc2ccc1n3-c1nc(-c2ccc3ccccc3c2)c2ccccc2n1. The number of rotatable bonds is 2. The van der Waals surface area contributed by atoms with Crippen molar-refractivity contribution in [2.45, 2.75) is 5.41 Å². The summed E-state index contributed by atoms with van der Waals surface area (Å²) >= 11 is 0. The highest BCUT2D eigenvalue weighted by molar-refractivity contribution is 6.22. The Morgan fingerprint density at radius 2 is 1.07 bits per heavy atom. The van der Waals surface area contributed by atoms with Crippen molar-refractivity contribution in [2.24, 2.45) is 0 Å². The van der Waals surface area contributed by atoms with Crippen molar-refractivity contribution < 1.29 is 4.74 Å². The van der Waals surface area contributed by atoms with Gasteiger partial charge in [-0.15, -0.1) is 0 Å². The van der Waals surface area contributed by atoms with Crippen LogP contribution in [0.4, 0.5) is 0 Å². The summed E-state index contributed by atoms with van der Waals surface area (Å²) in [5.41, 5.74) is 11.7. The highest BCUT2D eigenvalue weighted by Gasteiger charge is 2.51. The highest BCUT2D eigenvalue weighted by atomic mass is 16.5. The largest absolute Gasteiger partial charge is 0.457 e. The molecule has 0 atom stereocenters. The fourth-order valence-electron chi connectivity index (χ4n) is 10.1. The van der Waals surface area contributed by atoms with Gasteiger partial charge in [-0.25, -0.2) is 9.97 Å². The number of hydrogen-bond donors (Lipinski definition) is 0. The van der Waals surface area contributed by atoms with E-state index in [0.29, 0.717) is 5.95 Å². The molecule has 4 heteroatoms. The maximum Gasteiger partial charge on any atom is 0.235 e. The molecule has 57 heavy (non-hydrogen) atoms. The molecular formula is C53H31N3O. The van der Waals surface area contributed by atoms with Crippen LogP contribution < -0.4 is 4.74 Å². The van der Waals surface area contributed by atoms with Crippen LogP contribution in [0, 0.1) is 0 Å². The second-order valence-corrected chi connectivity index (χ2v) is 15.3. The van der Waals surface area contributed by atoms with Crippen molar-refractivity contribution in [3.8, 4) is 39.8 Å². The Balaban J connectivity index is 1.17. The lowest BCUT2D eigenvalue weighted by Crippen LogP contribution is -2.32. The molecular weight excluding hydrogens is 695 g/mol. The number of fused-ring (bicyclic) bond motifs is 16. The molecule has 0 radical (unpaired) electrons. The molecule has 2 aromatic heterocycles. The average molecular weight is 726 g/mol. The summed E-state index contributed by atoms with van der Waals surface area (Å²) in [6, 6.07) is 67.6. The number of benzene rings is 9. The van der Waals surface area contributed by atoms with Crippen LogP contribution in [-0.4, -0.2) is 14.5 Å². The number of ether oxygens (including phenoxy) is 1. The third-order valence-corrected chi connectivity index (χ3v) is 12.4. The molecule has 0 bridgehead atoms. The van der Waals surface area contributed by atoms with Crippen molar-refractivity contribution in [3.05, 3.63) is 210 Å². The summed E-state index contributed by atoms with van der Waals surface area (Å²) in [7, 11) is 0. The van der Waals surface area contributed by atoms with Crippen LogP contribution in [0.15, 0.2) is 188 Å². The van der Waals surface area contributed by atoms with Crippen molar-refractivity contribution in [3.63, 3.8) is 0 Å². The first kappa shape index (κ1) is 30.7. The van der Waals surface area contributed by atoms with Gasteiger partial charge in [0.15, 0.2) is 0 Å². The summed E-state index contributed by atoms with van der Waals surface area (Å²) < 4.78 is 9.28. The van der Waals surface area contributed by atoms with E-state index in [9.17, 15) is 0 Å². The molecule has 3 heterocycles. The molecule has 0 N–H and O–H groups in total. The van der Waals surface area contributed by atoms with Crippen LogP contribution in [0.2, 0.25) is 0 Å². The zero-order chi connectivity index (χ0) is 37.2. The highest BCUT2D eigenvalue weighted by Crippen LogP contribution is 2.62. The quantitative estimate of drug-likeness (QED) is 0.178. The lowest BCUT2D eigenvalue weighted by atomic mass is 9.66. The van der Waals surface area contributed by atoms with Gasteiger partial charge in [0.25, 0.3) is 0 Å². The van der Waals surface area contributed by atoms with Crippen LogP contribution in [0.3, 0.4) is 0 Å². The first-order valence-corrected chi connectivity index (χ1v) is 19.5. The molecule has 13 rings (SSSR count). The van der Waals surface area contributed by atoms with E-state index < -0.39 is 5.41 Å². The molecule has 4 nitrogen and oxygen atoms in total. The molecule has 0 saturated carbocycles. The first-order chi connectivity index (χ1) is 28.3. The smallest absolute Gasteiger partial charge is 0.235 e. The molecule has 0 amide bonds. The number of para-hydroxylation sites is 2. The predicted molar refractivity (Wildman–Crippen MR) is 232 cm³/mol. The zero-order valence-corrected chi connectivity index (χ0v) is 30.6. The van der Waals surface area contributed by atoms with Crippen molar-refractivity contribution >= 4 is 54.3 Å². The molecule has 11 aromatic rings. The molecule has 264 valence electrons. The van der Waals surface area contributed by atoms with E-state index in [0.717, 1.165) is 61.2 Å². The molecule has 0 unspecified atom stereocenters. The maximum absolute atomic E-state index is 7.03. The summed E-state index contributed by atoms with van der Waals surface area (Å²) in [4.78, 5) is 10.8. The van der Waals surface area contributed by atoms with Gasteiger partial charge in [0.2, 0.25) is 5.95 Å². The molecule has 0 fully saturated rings. The second-order valence-electron chi connectivity index (χ2n) is 15.3. The third kappa shape index (κ3) is 4.06. The number of aromatic nitrogens is 3. The Morgan fingerprint density at radius 3 is 1.89 bits per heavy atom. The number of hydrogen-bond acceptors (Lipinski definition) is 3. The van der Waals surface area contributed by atoms with Gasteiger partial charge in [0.1, 0.15) is 11.5 Å². The fourth-order valence-corrected chi connectivity index (χ4v) is 10.1. The molecule has 1 aliphatic heterocycles. The Morgan fingerprint density at radius 1 is 0.421 bits per heavy atom. The summed E-state index contributed by atoms with van der Waals surface area (Å²) in [5.74, 6) is 2.32. The van der Waals surface area contributed by atoms with Gasteiger partial charge in [-0.3, -0.25) is 4.57 Å². The molecule has 0 saturated heterocycles. The van der Waals surface area contributed by atoms with E-state index in [1.54, 1.807) is 0 Å². The van der Waals surface area contributed by atoms with Crippen molar-refractivity contribution in [1.29, 1.82) is 0 Å². The minimum atomic E-state index is -0.576. The lowest BCUT2D eigenvalue weighted by molar-refractivity contribution is 0.437. The molecule has 2 aliphatic rings. The topological polar surface area (TPSA) is 39.9 Å². The van der Waals surface area contributed by atoms with Gasteiger partial charge in [-0.2, -0.15) is 0 Å². The second kappa shape index (κ2) is 11.2. The first-order valence-electron chi connectivity index (χ1n) is 19.5. The van der Waals surface area contributed by atoms with E-state index in [1.807, 2.05) is 0 Å². The Hall–Kier alpha value is -7.56. The summed E-state index contributed by atoms with van der Waals surface area (Å²) in [5, 5.41) is 8.07. The van der Waals surface area contributed by atoms with Crippen molar-refractivity contribution in [2.75, 3.05) is 0 Å². The molecule has 1 spiro atoms. The van der Waals surface area contributed by atoms with Crippen LogP contribution in [0.1, 0.15) is 22.3 Å². The monoisotopic (exact) mass is 725 g/mol. The van der Waals surface area contributed by atoms with Gasteiger partial charge in [-0.1, -0.05) is 152 Å². The zero-order valence-electron chi connectivity index (χ0n) is 30.6. The number of nitrogens with zero attached hydrogens (tertiary/aromatic N) is 3. The van der Waals surface area contributed by atoms with Crippen LogP contribution in [0.5, 0.6) is 11.5 Å². The normalized spacial score (nSPS) is 13.5. The standard InChI is InChI=1S/C53H31N3O/c1-2-15-34-29-35(26-25-32(34)13-1)51-39-19-7-11-23-45(39)54-52(55-51)56-46-28-27-33-14-3-4-16-36(33)50(46)40-30-44-49(31-47(40)56)57-48-24-12-10-22-43(48)53(44)41-20-8-5-17-37(41)38-18-6-9-21-42(38)53/h1-31H. The van der Waals surface area contributed by atoms with Gasteiger partial charge in [-0.05, 0) is 74.1 Å². The lowest BCUT2D eigenvalue weighted by Gasteiger charge is -2.39. The van der Waals surface area contributed by atoms with Crippen LogP contribution >= 0.6 is 0 Å².